The Morgan fingerprint density at radius 3 is 2.50 bits per heavy atom. The number of amides is 2. The van der Waals surface area contributed by atoms with Gasteiger partial charge in [-0.3, -0.25) is 9.59 Å². The van der Waals surface area contributed by atoms with E-state index in [-0.39, 0.29) is 34.9 Å². The lowest BCUT2D eigenvalue weighted by molar-refractivity contribution is -0.124. The molecule has 1 fully saturated rings. The average molecular weight is 454 g/mol. The van der Waals surface area contributed by atoms with Crippen LogP contribution < -0.4 is 10.2 Å². The Balaban J connectivity index is 1.97. The van der Waals surface area contributed by atoms with Gasteiger partial charge in [0.1, 0.15) is 6.54 Å². The fourth-order valence-electron chi connectivity index (χ4n) is 3.75. The van der Waals surface area contributed by atoms with Crippen LogP contribution >= 0.6 is 11.8 Å². The number of carbonyl (C=O) groups is 2. The number of hydrogen-bond donors (Lipinski definition) is 1. The SMILES string of the molecule is CC1CC(=O)N(CC(=O)NC(C)(C)C)c2cc(S(=O)(=O)N3CCCCC3)ccc2S1. The Labute approximate surface area is 183 Å². The van der Waals surface area contributed by atoms with Crippen LogP contribution in [0.4, 0.5) is 5.69 Å². The van der Waals surface area contributed by atoms with Crippen LogP contribution in [-0.2, 0) is 19.6 Å². The highest BCUT2D eigenvalue weighted by Crippen LogP contribution is 2.39. The van der Waals surface area contributed by atoms with Crippen molar-refractivity contribution in [3.05, 3.63) is 18.2 Å². The Hall–Kier alpha value is -1.58. The van der Waals surface area contributed by atoms with Gasteiger partial charge in [-0.1, -0.05) is 13.3 Å². The van der Waals surface area contributed by atoms with Crippen molar-refractivity contribution in [1.82, 2.24) is 9.62 Å². The minimum atomic E-state index is -3.63. The van der Waals surface area contributed by atoms with Gasteiger partial charge in [0, 0.05) is 35.2 Å². The molecule has 1 unspecified atom stereocenters. The van der Waals surface area contributed by atoms with E-state index in [2.05, 4.69) is 5.32 Å². The second-order valence-electron chi connectivity index (χ2n) is 9.00. The number of nitrogens with one attached hydrogen (secondary N) is 1. The largest absolute Gasteiger partial charge is 0.350 e. The van der Waals surface area contributed by atoms with Crippen LogP contribution in [0.5, 0.6) is 0 Å². The molecule has 2 amide bonds. The summed E-state index contributed by atoms with van der Waals surface area (Å²) in [6, 6.07) is 4.94. The average Bonchev–Trinajstić information content (AvgIpc) is 2.76. The first-order valence-corrected chi connectivity index (χ1v) is 12.7. The zero-order chi connectivity index (χ0) is 22.1. The van der Waals surface area contributed by atoms with Crippen molar-refractivity contribution in [2.24, 2.45) is 0 Å². The van der Waals surface area contributed by atoms with E-state index in [1.54, 1.807) is 18.2 Å². The maximum atomic E-state index is 13.2. The molecule has 0 aliphatic carbocycles. The van der Waals surface area contributed by atoms with Crippen molar-refractivity contribution in [2.75, 3.05) is 24.5 Å². The molecule has 0 spiro atoms. The minimum Gasteiger partial charge on any atom is -0.350 e. The molecule has 1 aromatic carbocycles. The van der Waals surface area contributed by atoms with E-state index >= 15 is 0 Å². The summed E-state index contributed by atoms with van der Waals surface area (Å²) in [6.07, 6.45) is 3.04. The van der Waals surface area contributed by atoms with E-state index in [0.717, 1.165) is 24.2 Å². The molecule has 2 heterocycles. The minimum absolute atomic E-state index is 0.0384. The third kappa shape index (κ3) is 5.36. The Morgan fingerprint density at radius 2 is 1.87 bits per heavy atom. The van der Waals surface area contributed by atoms with E-state index in [1.807, 2.05) is 27.7 Å². The zero-order valence-electron chi connectivity index (χ0n) is 18.1. The molecule has 1 N–H and O–H groups in total. The summed E-state index contributed by atoms with van der Waals surface area (Å²) in [5.41, 5.74) is 0.0764. The highest BCUT2D eigenvalue weighted by atomic mass is 32.2. The van der Waals surface area contributed by atoms with Crippen LogP contribution in [0.1, 0.15) is 53.4 Å². The van der Waals surface area contributed by atoms with E-state index in [1.165, 1.54) is 21.0 Å². The van der Waals surface area contributed by atoms with Crippen LogP contribution in [0.3, 0.4) is 0 Å². The van der Waals surface area contributed by atoms with E-state index in [9.17, 15) is 18.0 Å². The number of benzene rings is 1. The lowest BCUT2D eigenvalue weighted by Gasteiger charge is -2.28. The highest BCUT2D eigenvalue weighted by Gasteiger charge is 2.32. The van der Waals surface area contributed by atoms with Gasteiger partial charge in [0.2, 0.25) is 21.8 Å². The molecule has 9 heteroatoms. The first-order chi connectivity index (χ1) is 14.0. The molecule has 2 aliphatic heterocycles. The molecule has 1 atom stereocenters. The first-order valence-electron chi connectivity index (χ1n) is 10.4. The van der Waals surface area contributed by atoms with Gasteiger partial charge >= 0.3 is 0 Å². The predicted molar refractivity (Wildman–Crippen MR) is 119 cm³/mol. The monoisotopic (exact) mass is 453 g/mol. The normalized spacial score (nSPS) is 21.1. The number of fused-ring (bicyclic) bond motifs is 1. The number of nitrogens with zero attached hydrogens (tertiary/aromatic N) is 2. The number of piperidine rings is 1. The summed E-state index contributed by atoms with van der Waals surface area (Å²) in [7, 11) is -3.63. The van der Waals surface area contributed by atoms with Gasteiger partial charge in [-0.15, -0.1) is 11.8 Å². The van der Waals surface area contributed by atoms with Crippen LogP contribution in [0, 0.1) is 0 Å². The summed E-state index contributed by atoms with van der Waals surface area (Å²) in [5, 5.41) is 2.92. The molecular weight excluding hydrogens is 422 g/mol. The number of sulfonamides is 1. The van der Waals surface area contributed by atoms with E-state index in [4.69, 9.17) is 0 Å². The van der Waals surface area contributed by atoms with E-state index in [0.29, 0.717) is 18.8 Å². The van der Waals surface area contributed by atoms with Crippen molar-refractivity contribution < 1.29 is 18.0 Å². The lowest BCUT2D eigenvalue weighted by atomic mass is 10.1. The van der Waals surface area contributed by atoms with Crippen molar-refractivity contribution in [2.45, 2.75) is 74.0 Å². The quantitative estimate of drug-likeness (QED) is 0.757. The molecule has 0 saturated carbocycles. The topological polar surface area (TPSA) is 86.8 Å². The maximum Gasteiger partial charge on any atom is 0.243 e. The van der Waals surface area contributed by atoms with Crippen LogP contribution in [0.25, 0.3) is 0 Å². The third-order valence-electron chi connectivity index (χ3n) is 5.08. The predicted octanol–water partition coefficient (Wildman–Crippen LogP) is 2.99. The standard InChI is InChI=1S/C21H31N3O4S2/c1-15-12-20(26)24(14-19(25)22-21(2,3)4)17-13-16(8-9-18(17)29-15)30(27,28)23-10-6-5-7-11-23/h8-9,13,15H,5-7,10-12,14H2,1-4H3,(H,22,25). The van der Waals surface area contributed by atoms with Crippen LogP contribution in [-0.4, -0.2) is 55.0 Å². The van der Waals surface area contributed by atoms with Crippen molar-refractivity contribution in [3.63, 3.8) is 0 Å². The Kier molecular flexibility index (Phi) is 6.84. The van der Waals surface area contributed by atoms with Gasteiger partial charge in [0.05, 0.1) is 10.6 Å². The molecule has 30 heavy (non-hydrogen) atoms. The van der Waals surface area contributed by atoms with Gasteiger partial charge in [-0.05, 0) is 51.8 Å². The van der Waals surface area contributed by atoms with Gasteiger partial charge in [0.25, 0.3) is 0 Å². The number of anilines is 1. The molecule has 0 radical (unpaired) electrons. The summed E-state index contributed by atoms with van der Waals surface area (Å²) >= 11 is 1.53. The van der Waals surface area contributed by atoms with Crippen molar-refractivity contribution in [1.29, 1.82) is 0 Å². The molecule has 166 valence electrons. The second kappa shape index (κ2) is 8.88. The third-order valence-corrected chi connectivity index (χ3v) is 8.14. The number of rotatable bonds is 4. The van der Waals surface area contributed by atoms with E-state index < -0.39 is 15.6 Å². The molecule has 3 rings (SSSR count). The smallest absolute Gasteiger partial charge is 0.243 e. The summed E-state index contributed by atoms with van der Waals surface area (Å²) in [4.78, 5) is 27.9. The van der Waals surface area contributed by atoms with Crippen LogP contribution in [0.2, 0.25) is 0 Å². The Bertz CT molecular complexity index is 919. The van der Waals surface area contributed by atoms with Crippen molar-refractivity contribution >= 4 is 39.3 Å². The molecule has 7 nitrogen and oxygen atoms in total. The molecule has 2 aliphatic rings. The summed E-state index contributed by atoms with van der Waals surface area (Å²) in [6.45, 7) is 8.50. The fourth-order valence-corrected chi connectivity index (χ4v) is 6.38. The molecule has 0 aromatic heterocycles. The van der Waals surface area contributed by atoms with Gasteiger partial charge in [-0.2, -0.15) is 4.31 Å². The van der Waals surface area contributed by atoms with Crippen molar-refractivity contribution in [3.8, 4) is 0 Å². The number of thioether (sulfide) groups is 1. The summed E-state index contributed by atoms with van der Waals surface area (Å²) in [5.74, 6) is -0.448. The second-order valence-corrected chi connectivity index (χ2v) is 12.4. The number of carbonyl (C=O) groups excluding carboxylic acids is 2. The number of hydrogen-bond acceptors (Lipinski definition) is 5. The first kappa shape index (κ1) is 23.1. The fraction of sp³-hybridized carbons (Fsp3) is 0.619. The molecular formula is C21H31N3O4S2. The Morgan fingerprint density at radius 1 is 1.20 bits per heavy atom. The molecule has 1 aromatic rings. The highest BCUT2D eigenvalue weighted by molar-refractivity contribution is 8.00. The molecule has 1 saturated heterocycles. The van der Waals surface area contributed by atoms with Crippen LogP contribution in [0.15, 0.2) is 28.0 Å². The zero-order valence-corrected chi connectivity index (χ0v) is 19.7. The maximum absolute atomic E-state index is 13.2. The molecule has 0 bridgehead atoms. The van der Waals surface area contributed by atoms with Gasteiger partial charge in [-0.25, -0.2) is 8.42 Å². The van der Waals surface area contributed by atoms with Gasteiger partial charge < -0.3 is 10.2 Å². The van der Waals surface area contributed by atoms with Gasteiger partial charge in [0.15, 0.2) is 0 Å². The lowest BCUT2D eigenvalue weighted by Crippen LogP contribution is -2.47. The summed E-state index contributed by atoms with van der Waals surface area (Å²) < 4.78 is 27.8.